The molecule has 8 heteroatoms. The first kappa shape index (κ1) is 14.8. The van der Waals surface area contributed by atoms with Crippen LogP contribution in [0.25, 0.3) is 0 Å². The standard InChI is InChI=1S/C11H18ClN3O3S/c1-14(10-3-6-18-9-10)19(16,17)11-7-13-15(8-11)5-2-4-12/h7-8,10H,2-6,9H2,1H3. The van der Waals surface area contributed by atoms with Gasteiger partial charge >= 0.3 is 0 Å². The Morgan fingerprint density at radius 1 is 1.63 bits per heavy atom. The highest BCUT2D eigenvalue weighted by atomic mass is 35.5. The summed E-state index contributed by atoms with van der Waals surface area (Å²) in [5.41, 5.74) is 0. The SMILES string of the molecule is CN(C1CCOC1)S(=O)(=O)c1cnn(CCCCl)c1. The first-order valence-electron chi connectivity index (χ1n) is 6.20. The molecule has 0 aromatic carbocycles. The molecule has 1 aromatic rings. The molecular formula is C11H18ClN3O3S. The van der Waals surface area contributed by atoms with Crippen LogP contribution in [-0.2, 0) is 21.3 Å². The van der Waals surface area contributed by atoms with Crippen LogP contribution in [0.2, 0.25) is 0 Å². The van der Waals surface area contributed by atoms with Gasteiger partial charge in [-0.1, -0.05) is 0 Å². The molecule has 1 aliphatic heterocycles. The van der Waals surface area contributed by atoms with E-state index in [1.54, 1.807) is 17.9 Å². The third-order valence-corrected chi connectivity index (χ3v) is 5.36. The van der Waals surface area contributed by atoms with Gasteiger partial charge in [0, 0.05) is 32.3 Å². The number of aromatic nitrogens is 2. The number of hydrogen-bond donors (Lipinski definition) is 0. The van der Waals surface area contributed by atoms with Gasteiger partial charge in [0.25, 0.3) is 0 Å². The third kappa shape index (κ3) is 3.28. The van der Waals surface area contributed by atoms with Crippen LogP contribution in [0.4, 0.5) is 0 Å². The van der Waals surface area contributed by atoms with Gasteiger partial charge < -0.3 is 4.74 Å². The van der Waals surface area contributed by atoms with E-state index in [0.29, 0.717) is 25.6 Å². The van der Waals surface area contributed by atoms with Crippen molar-refractivity contribution >= 4 is 21.6 Å². The molecule has 1 fully saturated rings. The van der Waals surface area contributed by atoms with E-state index >= 15 is 0 Å². The molecule has 0 bridgehead atoms. The van der Waals surface area contributed by atoms with Gasteiger partial charge in [-0.05, 0) is 12.8 Å². The summed E-state index contributed by atoms with van der Waals surface area (Å²) in [6, 6.07) is -0.0869. The third-order valence-electron chi connectivity index (χ3n) is 3.23. The van der Waals surface area contributed by atoms with Gasteiger partial charge in [-0.25, -0.2) is 8.42 Å². The van der Waals surface area contributed by atoms with Crippen LogP contribution in [0.5, 0.6) is 0 Å². The van der Waals surface area contributed by atoms with E-state index in [9.17, 15) is 8.42 Å². The number of ether oxygens (including phenoxy) is 1. The Balaban J connectivity index is 2.12. The van der Waals surface area contributed by atoms with Crippen molar-refractivity contribution in [3.8, 4) is 0 Å². The molecule has 0 aliphatic carbocycles. The zero-order chi connectivity index (χ0) is 13.9. The van der Waals surface area contributed by atoms with E-state index in [2.05, 4.69) is 5.10 Å². The van der Waals surface area contributed by atoms with Gasteiger partial charge in [0.15, 0.2) is 0 Å². The van der Waals surface area contributed by atoms with E-state index in [0.717, 1.165) is 12.8 Å². The smallest absolute Gasteiger partial charge is 0.246 e. The van der Waals surface area contributed by atoms with Crippen molar-refractivity contribution in [2.24, 2.45) is 0 Å². The lowest BCUT2D eigenvalue weighted by atomic mass is 10.3. The maximum Gasteiger partial charge on any atom is 0.246 e. The molecule has 0 saturated carbocycles. The molecule has 0 N–H and O–H groups in total. The van der Waals surface area contributed by atoms with Crippen LogP contribution in [0, 0.1) is 0 Å². The molecule has 1 saturated heterocycles. The highest BCUT2D eigenvalue weighted by Crippen LogP contribution is 2.20. The molecule has 1 aromatic heterocycles. The molecule has 1 aliphatic rings. The maximum atomic E-state index is 12.4. The molecule has 0 radical (unpaired) electrons. The number of halogens is 1. The summed E-state index contributed by atoms with van der Waals surface area (Å²) in [4.78, 5) is 0.219. The van der Waals surface area contributed by atoms with Gasteiger partial charge in [0.1, 0.15) is 4.90 Å². The van der Waals surface area contributed by atoms with Crippen molar-refractivity contribution in [2.45, 2.75) is 30.3 Å². The van der Waals surface area contributed by atoms with Gasteiger partial charge in [-0.2, -0.15) is 9.40 Å². The predicted molar refractivity (Wildman–Crippen MR) is 71.7 cm³/mol. The second kappa shape index (κ2) is 6.21. The molecule has 1 unspecified atom stereocenters. The first-order valence-corrected chi connectivity index (χ1v) is 8.17. The van der Waals surface area contributed by atoms with Crippen molar-refractivity contribution in [1.82, 2.24) is 14.1 Å². The molecular weight excluding hydrogens is 290 g/mol. The average molecular weight is 308 g/mol. The minimum absolute atomic E-state index is 0.0869. The Labute approximate surface area is 118 Å². The lowest BCUT2D eigenvalue weighted by molar-refractivity contribution is 0.181. The number of sulfonamides is 1. The molecule has 0 amide bonds. The Morgan fingerprint density at radius 2 is 2.42 bits per heavy atom. The molecule has 108 valence electrons. The number of likely N-dealkylation sites (N-methyl/N-ethyl adjacent to an activating group) is 1. The molecule has 2 rings (SSSR count). The summed E-state index contributed by atoms with van der Waals surface area (Å²) in [5.74, 6) is 0.529. The molecule has 2 heterocycles. The minimum Gasteiger partial charge on any atom is -0.380 e. The Bertz CT molecular complexity index is 511. The fourth-order valence-corrected chi connectivity index (χ4v) is 3.44. The lowest BCUT2D eigenvalue weighted by Crippen LogP contribution is -2.37. The predicted octanol–water partition coefficient (Wildman–Crippen LogP) is 0.921. The average Bonchev–Trinajstić information content (AvgIpc) is 3.06. The topological polar surface area (TPSA) is 64.4 Å². The second-order valence-electron chi connectivity index (χ2n) is 4.52. The highest BCUT2D eigenvalue weighted by molar-refractivity contribution is 7.89. The van der Waals surface area contributed by atoms with Crippen molar-refractivity contribution < 1.29 is 13.2 Å². The molecule has 1 atom stereocenters. The maximum absolute atomic E-state index is 12.4. The van der Waals surface area contributed by atoms with Crippen LogP contribution in [0.3, 0.4) is 0 Å². The first-order chi connectivity index (χ1) is 9.05. The monoisotopic (exact) mass is 307 g/mol. The number of nitrogens with zero attached hydrogens (tertiary/aromatic N) is 3. The Hall–Kier alpha value is -0.630. The van der Waals surface area contributed by atoms with Crippen molar-refractivity contribution in [2.75, 3.05) is 26.1 Å². The fourth-order valence-electron chi connectivity index (χ4n) is 1.99. The summed E-state index contributed by atoms with van der Waals surface area (Å²) >= 11 is 5.60. The highest BCUT2D eigenvalue weighted by Gasteiger charge is 2.31. The summed E-state index contributed by atoms with van der Waals surface area (Å²) in [5, 5.41) is 4.05. The Kier molecular flexibility index (Phi) is 4.83. The van der Waals surface area contributed by atoms with Crippen LogP contribution in [-0.4, -0.2) is 54.7 Å². The number of hydrogen-bond acceptors (Lipinski definition) is 4. The molecule has 0 spiro atoms. The van der Waals surface area contributed by atoms with Crippen LogP contribution in [0.1, 0.15) is 12.8 Å². The summed E-state index contributed by atoms with van der Waals surface area (Å²) in [6.45, 7) is 1.69. The minimum atomic E-state index is -3.49. The number of rotatable bonds is 6. The zero-order valence-electron chi connectivity index (χ0n) is 10.8. The largest absolute Gasteiger partial charge is 0.380 e. The lowest BCUT2D eigenvalue weighted by Gasteiger charge is -2.21. The second-order valence-corrected chi connectivity index (χ2v) is 6.90. The van der Waals surface area contributed by atoms with E-state index in [1.165, 1.54) is 10.5 Å². The normalized spacial score (nSPS) is 20.3. The number of alkyl halides is 1. The van der Waals surface area contributed by atoms with Crippen molar-refractivity contribution in [3.63, 3.8) is 0 Å². The van der Waals surface area contributed by atoms with E-state index in [-0.39, 0.29) is 10.9 Å². The van der Waals surface area contributed by atoms with Crippen LogP contribution in [0.15, 0.2) is 17.3 Å². The summed E-state index contributed by atoms with van der Waals surface area (Å²) in [6.07, 6.45) is 4.43. The number of aryl methyl sites for hydroxylation is 1. The van der Waals surface area contributed by atoms with Crippen molar-refractivity contribution in [3.05, 3.63) is 12.4 Å². The Morgan fingerprint density at radius 3 is 3.05 bits per heavy atom. The van der Waals surface area contributed by atoms with Gasteiger partial charge in [-0.15, -0.1) is 11.6 Å². The van der Waals surface area contributed by atoms with Gasteiger partial charge in [0.05, 0.1) is 18.8 Å². The van der Waals surface area contributed by atoms with Crippen molar-refractivity contribution in [1.29, 1.82) is 0 Å². The van der Waals surface area contributed by atoms with E-state index < -0.39 is 10.0 Å². The van der Waals surface area contributed by atoms with Crippen LogP contribution < -0.4 is 0 Å². The van der Waals surface area contributed by atoms with Gasteiger partial charge in [-0.3, -0.25) is 4.68 Å². The van der Waals surface area contributed by atoms with Crippen LogP contribution >= 0.6 is 11.6 Å². The zero-order valence-corrected chi connectivity index (χ0v) is 12.4. The van der Waals surface area contributed by atoms with E-state index in [4.69, 9.17) is 16.3 Å². The molecule has 6 nitrogen and oxygen atoms in total. The fraction of sp³-hybridized carbons (Fsp3) is 0.727. The summed E-state index contributed by atoms with van der Waals surface area (Å²) in [7, 11) is -1.90. The summed E-state index contributed by atoms with van der Waals surface area (Å²) < 4.78 is 33.0. The quantitative estimate of drug-likeness (QED) is 0.733. The molecule has 19 heavy (non-hydrogen) atoms. The van der Waals surface area contributed by atoms with E-state index in [1.807, 2.05) is 0 Å². The van der Waals surface area contributed by atoms with Gasteiger partial charge in [0.2, 0.25) is 10.0 Å².